The van der Waals surface area contributed by atoms with Crippen LogP contribution in [0.5, 0.6) is 0 Å². The molecule has 0 unspecified atom stereocenters. The van der Waals surface area contributed by atoms with Gasteiger partial charge in [0.25, 0.3) is 0 Å². The van der Waals surface area contributed by atoms with E-state index in [9.17, 15) is 4.79 Å². The summed E-state index contributed by atoms with van der Waals surface area (Å²) in [6.07, 6.45) is 12.6. The summed E-state index contributed by atoms with van der Waals surface area (Å²) in [5, 5.41) is 0. The maximum atomic E-state index is 12.3. The van der Waals surface area contributed by atoms with Crippen LogP contribution in [-0.4, -0.2) is 23.3 Å². The highest BCUT2D eigenvalue weighted by Gasteiger charge is 2.52. The normalized spacial score (nSPS) is 29.2. The Morgan fingerprint density at radius 3 is 2.23 bits per heavy atom. The predicted molar refractivity (Wildman–Crippen MR) is 127 cm³/mol. The minimum atomic E-state index is 0.0727. The van der Waals surface area contributed by atoms with E-state index in [2.05, 4.69) is 36.2 Å². The van der Waals surface area contributed by atoms with Crippen molar-refractivity contribution in [2.24, 2.45) is 17.8 Å². The van der Waals surface area contributed by atoms with Crippen molar-refractivity contribution in [1.82, 2.24) is 4.90 Å². The molecule has 2 N–H and O–H groups in total. The quantitative estimate of drug-likeness (QED) is 0.481. The molecule has 4 aliphatic carbocycles. The van der Waals surface area contributed by atoms with Crippen LogP contribution in [0.4, 0.5) is 5.69 Å². The molecule has 31 heavy (non-hydrogen) atoms. The SMILES string of the molecule is CN(Cc1ccc(/C=C/C(=O)Cc2ccccc2N)cc1)C12CC3CC(CC(C3)C1)C2. The Hall–Kier alpha value is -2.39. The summed E-state index contributed by atoms with van der Waals surface area (Å²) in [5.74, 6) is 3.00. The van der Waals surface area contributed by atoms with Gasteiger partial charge in [0.2, 0.25) is 0 Å². The number of nitrogen functional groups attached to an aromatic ring is 1. The lowest BCUT2D eigenvalue weighted by Crippen LogP contribution is -2.58. The molecule has 0 atom stereocenters. The fraction of sp³-hybridized carbons (Fsp3) is 0.464. The molecule has 4 saturated carbocycles. The highest BCUT2D eigenvalue weighted by atomic mass is 16.1. The van der Waals surface area contributed by atoms with Gasteiger partial charge in [0, 0.05) is 24.2 Å². The Labute approximate surface area is 186 Å². The van der Waals surface area contributed by atoms with E-state index in [0.29, 0.717) is 17.6 Å². The molecule has 2 aromatic rings. The van der Waals surface area contributed by atoms with Gasteiger partial charge < -0.3 is 5.73 Å². The molecular weight excluding hydrogens is 380 g/mol. The molecule has 162 valence electrons. The summed E-state index contributed by atoms with van der Waals surface area (Å²) >= 11 is 0. The van der Waals surface area contributed by atoms with E-state index in [1.165, 1.54) is 44.1 Å². The minimum Gasteiger partial charge on any atom is -0.398 e. The van der Waals surface area contributed by atoms with Crippen molar-refractivity contribution in [2.75, 3.05) is 12.8 Å². The van der Waals surface area contributed by atoms with E-state index in [4.69, 9.17) is 5.73 Å². The van der Waals surface area contributed by atoms with Crippen molar-refractivity contribution in [2.45, 2.75) is 57.0 Å². The van der Waals surface area contributed by atoms with E-state index in [0.717, 1.165) is 35.4 Å². The van der Waals surface area contributed by atoms with Crippen LogP contribution in [0.15, 0.2) is 54.6 Å². The molecule has 4 fully saturated rings. The maximum absolute atomic E-state index is 12.3. The Morgan fingerprint density at radius 1 is 1.00 bits per heavy atom. The first-order valence-electron chi connectivity index (χ1n) is 11.8. The lowest BCUT2D eigenvalue weighted by molar-refractivity contribution is -0.113. The van der Waals surface area contributed by atoms with Crippen molar-refractivity contribution in [1.29, 1.82) is 0 Å². The third-order valence-electron chi connectivity index (χ3n) is 8.10. The van der Waals surface area contributed by atoms with Gasteiger partial charge in [-0.3, -0.25) is 9.69 Å². The molecule has 6 rings (SSSR count). The minimum absolute atomic E-state index is 0.0727. The summed E-state index contributed by atoms with van der Waals surface area (Å²) in [7, 11) is 2.34. The van der Waals surface area contributed by atoms with Crippen LogP contribution < -0.4 is 5.73 Å². The number of hydrogen-bond acceptors (Lipinski definition) is 3. The zero-order valence-corrected chi connectivity index (χ0v) is 18.6. The van der Waals surface area contributed by atoms with Crippen molar-refractivity contribution >= 4 is 17.5 Å². The molecule has 0 spiro atoms. The van der Waals surface area contributed by atoms with Gasteiger partial charge in [-0.1, -0.05) is 48.5 Å². The summed E-state index contributed by atoms with van der Waals surface area (Å²) in [5.41, 5.74) is 10.4. The number of rotatable bonds is 7. The Balaban J connectivity index is 1.19. The van der Waals surface area contributed by atoms with Gasteiger partial charge in [0.15, 0.2) is 5.78 Å². The maximum Gasteiger partial charge on any atom is 0.160 e. The fourth-order valence-corrected chi connectivity index (χ4v) is 6.84. The van der Waals surface area contributed by atoms with Crippen LogP contribution >= 0.6 is 0 Å². The molecule has 0 aliphatic heterocycles. The monoisotopic (exact) mass is 414 g/mol. The van der Waals surface area contributed by atoms with Crippen LogP contribution in [-0.2, 0) is 17.8 Å². The molecule has 2 aromatic carbocycles. The molecule has 4 bridgehead atoms. The molecule has 3 heteroatoms. The molecule has 0 heterocycles. The van der Waals surface area contributed by atoms with Gasteiger partial charge in [-0.25, -0.2) is 0 Å². The molecular formula is C28H34N2O. The zero-order valence-electron chi connectivity index (χ0n) is 18.6. The lowest BCUT2D eigenvalue weighted by Gasteiger charge is -2.60. The smallest absolute Gasteiger partial charge is 0.160 e. The summed E-state index contributed by atoms with van der Waals surface area (Å²) in [6, 6.07) is 16.3. The topological polar surface area (TPSA) is 46.3 Å². The van der Waals surface area contributed by atoms with Crippen molar-refractivity contribution in [3.05, 3.63) is 71.3 Å². The zero-order chi connectivity index (χ0) is 21.4. The van der Waals surface area contributed by atoms with Crippen LogP contribution in [0.1, 0.15) is 55.2 Å². The van der Waals surface area contributed by atoms with Gasteiger partial charge in [-0.2, -0.15) is 0 Å². The van der Waals surface area contributed by atoms with E-state index < -0.39 is 0 Å². The molecule has 0 amide bonds. The number of para-hydroxylation sites is 1. The first-order valence-corrected chi connectivity index (χ1v) is 11.8. The third kappa shape index (κ3) is 4.34. The largest absolute Gasteiger partial charge is 0.398 e. The predicted octanol–water partition coefficient (Wildman–Crippen LogP) is 5.49. The number of benzene rings is 2. The number of allylic oxidation sites excluding steroid dienone is 1. The Morgan fingerprint density at radius 2 is 1.61 bits per heavy atom. The Kier molecular flexibility index (Phi) is 5.47. The second-order valence-corrected chi connectivity index (χ2v) is 10.4. The fourth-order valence-electron chi connectivity index (χ4n) is 6.84. The number of carbonyl (C=O) groups excluding carboxylic acids is 1. The van der Waals surface area contributed by atoms with Crippen LogP contribution in [0.2, 0.25) is 0 Å². The van der Waals surface area contributed by atoms with Crippen LogP contribution in [0, 0.1) is 17.8 Å². The highest BCUT2D eigenvalue weighted by Crippen LogP contribution is 2.57. The number of ketones is 1. The van der Waals surface area contributed by atoms with Crippen LogP contribution in [0.3, 0.4) is 0 Å². The van der Waals surface area contributed by atoms with E-state index in [1.54, 1.807) is 6.08 Å². The standard InChI is InChI=1S/C28H34N2O/c1-30(28-16-22-12-23(17-28)14-24(13-22)18-28)19-21-8-6-20(7-9-21)10-11-26(31)15-25-4-2-3-5-27(25)29/h2-11,22-24H,12-19,29H2,1H3/b11-10+. The van der Waals surface area contributed by atoms with Crippen molar-refractivity contribution in [3.8, 4) is 0 Å². The highest BCUT2D eigenvalue weighted by molar-refractivity contribution is 5.95. The molecule has 3 nitrogen and oxygen atoms in total. The molecule has 4 aliphatic rings. The van der Waals surface area contributed by atoms with E-state index in [1.807, 2.05) is 30.3 Å². The summed E-state index contributed by atoms with van der Waals surface area (Å²) in [6.45, 7) is 1.02. The third-order valence-corrected chi connectivity index (χ3v) is 8.10. The number of nitrogens with zero attached hydrogens (tertiary/aromatic N) is 1. The molecule has 0 radical (unpaired) electrons. The van der Waals surface area contributed by atoms with E-state index in [-0.39, 0.29) is 5.78 Å². The van der Waals surface area contributed by atoms with Gasteiger partial charge in [0.05, 0.1) is 0 Å². The first kappa shape index (κ1) is 20.5. The number of hydrogen-bond donors (Lipinski definition) is 1. The van der Waals surface area contributed by atoms with Gasteiger partial charge in [0.1, 0.15) is 0 Å². The van der Waals surface area contributed by atoms with Crippen LogP contribution in [0.25, 0.3) is 6.08 Å². The first-order chi connectivity index (χ1) is 15.0. The second kappa shape index (κ2) is 8.27. The molecule has 0 aromatic heterocycles. The second-order valence-electron chi connectivity index (χ2n) is 10.4. The van der Waals surface area contributed by atoms with Crippen molar-refractivity contribution < 1.29 is 4.79 Å². The average molecular weight is 415 g/mol. The summed E-state index contributed by atoms with van der Waals surface area (Å²) in [4.78, 5) is 15.0. The average Bonchev–Trinajstić information content (AvgIpc) is 2.74. The number of carbonyl (C=O) groups is 1. The Bertz CT molecular complexity index is 939. The summed E-state index contributed by atoms with van der Waals surface area (Å²) < 4.78 is 0. The number of nitrogens with two attached hydrogens (primary N) is 1. The van der Waals surface area contributed by atoms with Gasteiger partial charge >= 0.3 is 0 Å². The lowest BCUT2D eigenvalue weighted by atomic mass is 9.52. The van der Waals surface area contributed by atoms with Crippen molar-refractivity contribution in [3.63, 3.8) is 0 Å². The van der Waals surface area contributed by atoms with E-state index >= 15 is 0 Å². The van der Waals surface area contributed by atoms with Gasteiger partial charge in [-0.15, -0.1) is 0 Å². The number of anilines is 1. The van der Waals surface area contributed by atoms with Gasteiger partial charge in [-0.05, 0) is 92.2 Å². The molecule has 0 saturated heterocycles.